The summed E-state index contributed by atoms with van der Waals surface area (Å²) in [5.41, 5.74) is 8.17. The minimum absolute atomic E-state index is 0.0712. The lowest BCUT2D eigenvalue weighted by Gasteiger charge is -2.34. The van der Waals surface area contributed by atoms with Crippen LogP contribution in [0.25, 0.3) is 0 Å². The van der Waals surface area contributed by atoms with Crippen molar-refractivity contribution in [2.24, 2.45) is 17.6 Å². The molecule has 2 aromatic carbocycles. The van der Waals surface area contributed by atoms with Gasteiger partial charge in [0.25, 0.3) is 5.91 Å². The summed E-state index contributed by atoms with van der Waals surface area (Å²) in [5.74, 6) is 2.47. The van der Waals surface area contributed by atoms with Crippen LogP contribution in [0.15, 0.2) is 42.5 Å². The number of carbonyl (C=O) groups excluding carboxylic acids is 2. The summed E-state index contributed by atoms with van der Waals surface area (Å²) in [6, 6.07) is 13.3. The van der Waals surface area contributed by atoms with Crippen LogP contribution in [0.4, 0.5) is 5.69 Å². The summed E-state index contributed by atoms with van der Waals surface area (Å²) in [6.07, 6.45) is 10.8. The Morgan fingerprint density at radius 3 is 2.24 bits per heavy atom. The van der Waals surface area contributed by atoms with Crippen LogP contribution in [0, 0.1) is 11.8 Å². The number of hydrogen-bond acceptors (Lipinski definition) is 5. The van der Waals surface area contributed by atoms with Gasteiger partial charge in [0, 0.05) is 23.3 Å². The van der Waals surface area contributed by atoms with Gasteiger partial charge >= 0.3 is 0 Å². The highest BCUT2D eigenvalue weighted by molar-refractivity contribution is 6.04. The maximum Gasteiger partial charge on any atom is 0.255 e. The zero-order chi connectivity index (χ0) is 25.8. The second-order valence-electron chi connectivity index (χ2n) is 11.1. The van der Waals surface area contributed by atoms with Crippen LogP contribution in [0.2, 0.25) is 0 Å². The summed E-state index contributed by atoms with van der Waals surface area (Å²) < 4.78 is 10.7. The molecule has 5 rings (SSSR count). The Morgan fingerprint density at radius 2 is 1.54 bits per heavy atom. The maximum absolute atomic E-state index is 13.0. The summed E-state index contributed by atoms with van der Waals surface area (Å²) >= 11 is 0. The van der Waals surface area contributed by atoms with Gasteiger partial charge in [-0.2, -0.15) is 0 Å². The first-order valence-electron chi connectivity index (χ1n) is 13.8. The molecule has 1 unspecified atom stereocenters. The highest BCUT2D eigenvalue weighted by atomic mass is 16.7. The molecule has 0 spiro atoms. The molecule has 0 radical (unpaired) electrons. The summed E-state index contributed by atoms with van der Waals surface area (Å²) in [7, 11) is 0. The Labute approximate surface area is 219 Å². The first kappa shape index (κ1) is 25.6. The Morgan fingerprint density at radius 1 is 0.892 bits per heavy atom. The molecule has 37 heavy (non-hydrogen) atoms. The number of ether oxygens (including phenoxy) is 2. The fraction of sp³-hybridized carbons (Fsp3) is 0.533. The standard InChI is InChI=1S/C30H39N3O4/c1-19(29(34)32-25-11-4-21(5-12-25)16-20-2-9-24(31)10-3-20)22-6-13-26(14-7-22)33-30(35)23-8-15-27-28(17-23)37-18-36-27/h6-8,13-15,17,19-21,24-25H,2-5,9-12,16,18,31H2,1H3,(H,32,34)(H,33,35). The molecule has 0 aromatic heterocycles. The van der Waals surface area contributed by atoms with Gasteiger partial charge in [0.05, 0.1) is 5.92 Å². The van der Waals surface area contributed by atoms with Crippen molar-refractivity contribution in [3.63, 3.8) is 0 Å². The summed E-state index contributed by atoms with van der Waals surface area (Å²) in [4.78, 5) is 25.6. The molecule has 1 aliphatic heterocycles. The summed E-state index contributed by atoms with van der Waals surface area (Å²) in [6.45, 7) is 2.11. The molecule has 0 saturated heterocycles. The molecule has 0 bridgehead atoms. The number of nitrogens with two attached hydrogens (primary N) is 1. The van der Waals surface area contributed by atoms with E-state index in [-0.39, 0.29) is 30.6 Å². The van der Waals surface area contributed by atoms with Gasteiger partial charge in [-0.15, -0.1) is 0 Å². The molecular weight excluding hydrogens is 466 g/mol. The second-order valence-corrected chi connectivity index (χ2v) is 11.1. The lowest BCUT2D eigenvalue weighted by molar-refractivity contribution is -0.123. The highest BCUT2D eigenvalue weighted by Crippen LogP contribution is 2.35. The average molecular weight is 506 g/mol. The number of nitrogens with one attached hydrogen (secondary N) is 2. The topological polar surface area (TPSA) is 103 Å². The van der Waals surface area contributed by atoms with Gasteiger partial charge in [-0.25, -0.2) is 0 Å². The number of hydrogen-bond donors (Lipinski definition) is 3. The van der Waals surface area contributed by atoms with E-state index >= 15 is 0 Å². The number of rotatable bonds is 7. The predicted octanol–water partition coefficient (Wildman–Crippen LogP) is 5.35. The SMILES string of the molecule is CC(C(=O)NC1CCC(CC2CCC(N)CC2)CC1)c1ccc(NC(=O)c2ccc3c(c2)OCO3)cc1. The molecule has 2 amide bonds. The Bertz CT molecular complexity index is 1090. The zero-order valence-electron chi connectivity index (χ0n) is 21.7. The van der Waals surface area contributed by atoms with Crippen molar-refractivity contribution >= 4 is 17.5 Å². The fourth-order valence-electron chi connectivity index (χ4n) is 6.01. The van der Waals surface area contributed by atoms with E-state index in [2.05, 4.69) is 10.6 Å². The Kier molecular flexibility index (Phi) is 7.99. The molecule has 2 aromatic rings. The van der Waals surface area contributed by atoms with Crippen LogP contribution in [0.5, 0.6) is 11.5 Å². The molecular formula is C30H39N3O4. The minimum Gasteiger partial charge on any atom is -0.454 e. The largest absolute Gasteiger partial charge is 0.454 e. The van der Waals surface area contributed by atoms with Crippen LogP contribution in [0.1, 0.15) is 86.6 Å². The Balaban J connectivity index is 1.07. The van der Waals surface area contributed by atoms with E-state index in [1.807, 2.05) is 31.2 Å². The van der Waals surface area contributed by atoms with Crippen molar-refractivity contribution in [1.29, 1.82) is 0 Å². The quantitative estimate of drug-likeness (QED) is 0.471. The number of amides is 2. The van der Waals surface area contributed by atoms with E-state index in [1.165, 1.54) is 44.9 Å². The predicted molar refractivity (Wildman–Crippen MR) is 144 cm³/mol. The van der Waals surface area contributed by atoms with Gasteiger partial charge in [-0.1, -0.05) is 12.1 Å². The van der Waals surface area contributed by atoms with Crippen molar-refractivity contribution in [1.82, 2.24) is 5.32 Å². The van der Waals surface area contributed by atoms with Crippen molar-refractivity contribution in [3.8, 4) is 11.5 Å². The number of fused-ring (bicyclic) bond motifs is 1. The van der Waals surface area contributed by atoms with Crippen molar-refractivity contribution in [2.45, 2.75) is 82.7 Å². The lowest BCUT2D eigenvalue weighted by atomic mass is 9.76. The van der Waals surface area contributed by atoms with Crippen LogP contribution in [-0.4, -0.2) is 30.7 Å². The lowest BCUT2D eigenvalue weighted by Crippen LogP contribution is -2.40. The van der Waals surface area contributed by atoms with Crippen molar-refractivity contribution in [3.05, 3.63) is 53.6 Å². The zero-order valence-corrected chi connectivity index (χ0v) is 21.7. The van der Waals surface area contributed by atoms with Gasteiger partial charge in [0.1, 0.15) is 0 Å². The first-order chi connectivity index (χ1) is 17.9. The molecule has 4 N–H and O–H groups in total. The number of anilines is 1. The van der Waals surface area contributed by atoms with Crippen molar-refractivity contribution < 1.29 is 19.1 Å². The van der Waals surface area contributed by atoms with Gasteiger partial charge in [0.2, 0.25) is 12.7 Å². The normalized spacial score (nSPS) is 25.8. The average Bonchev–Trinajstić information content (AvgIpc) is 3.39. The number of benzene rings is 2. The van der Waals surface area contributed by atoms with E-state index in [0.717, 1.165) is 30.2 Å². The minimum atomic E-state index is -0.247. The Hall–Kier alpha value is -3.06. The van der Waals surface area contributed by atoms with Gasteiger partial charge in [-0.05, 0) is 112 Å². The van der Waals surface area contributed by atoms with Gasteiger partial charge in [0.15, 0.2) is 11.5 Å². The van der Waals surface area contributed by atoms with Gasteiger partial charge < -0.3 is 25.8 Å². The van der Waals surface area contributed by atoms with E-state index in [1.54, 1.807) is 18.2 Å². The molecule has 1 heterocycles. The van der Waals surface area contributed by atoms with E-state index in [4.69, 9.17) is 15.2 Å². The first-order valence-corrected chi connectivity index (χ1v) is 13.8. The molecule has 3 aliphatic rings. The molecule has 2 aliphatic carbocycles. The third-order valence-corrected chi connectivity index (χ3v) is 8.45. The second kappa shape index (κ2) is 11.5. The molecule has 7 heteroatoms. The molecule has 198 valence electrons. The third kappa shape index (κ3) is 6.45. The maximum atomic E-state index is 13.0. The molecule has 7 nitrogen and oxygen atoms in total. The van der Waals surface area contributed by atoms with E-state index in [9.17, 15) is 9.59 Å². The smallest absolute Gasteiger partial charge is 0.255 e. The van der Waals surface area contributed by atoms with Gasteiger partial charge in [-0.3, -0.25) is 9.59 Å². The third-order valence-electron chi connectivity index (χ3n) is 8.45. The van der Waals surface area contributed by atoms with E-state index < -0.39 is 0 Å². The highest BCUT2D eigenvalue weighted by Gasteiger charge is 2.28. The molecule has 2 saturated carbocycles. The monoisotopic (exact) mass is 505 g/mol. The van der Waals surface area contributed by atoms with Crippen LogP contribution < -0.4 is 25.8 Å². The number of carbonyl (C=O) groups is 2. The van der Waals surface area contributed by atoms with Crippen LogP contribution >= 0.6 is 0 Å². The fourth-order valence-corrected chi connectivity index (χ4v) is 6.01. The van der Waals surface area contributed by atoms with Crippen molar-refractivity contribution in [2.75, 3.05) is 12.1 Å². The summed E-state index contributed by atoms with van der Waals surface area (Å²) in [5, 5.41) is 6.19. The molecule has 1 atom stereocenters. The van der Waals surface area contributed by atoms with E-state index in [0.29, 0.717) is 28.8 Å². The van der Waals surface area contributed by atoms with Crippen LogP contribution in [0.3, 0.4) is 0 Å². The molecule has 2 fully saturated rings. The van der Waals surface area contributed by atoms with Crippen LogP contribution in [-0.2, 0) is 4.79 Å².